The Balaban J connectivity index is 2.14. The Kier molecular flexibility index (Phi) is 5.24. The summed E-state index contributed by atoms with van der Waals surface area (Å²) < 4.78 is 3.26. The Hall–Kier alpha value is -1.10. The summed E-state index contributed by atoms with van der Waals surface area (Å²) in [7, 11) is 0. The summed E-state index contributed by atoms with van der Waals surface area (Å²) in [6.07, 6.45) is 0. The van der Waals surface area contributed by atoms with Crippen LogP contribution in [0.1, 0.15) is 5.56 Å². The topological polar surface area (TPSA) is 3.24 Å². The molecule has 0 saturated carbocycles. The van der Waals surface area contributed by atoms with Crippen LogP contribution in [0.4, 0.5) is 17.1 Å². The summed E-state index contributed by atoms with van der Waals surface area (Å²) >= 11 is 10.6. The Morgan fingerprint density at radius 1 is 0.609 bits per heavy atom. The van der Waals surface area contributed by atoms with E-state index in [1.54, 1.807) is 0 Å². The van der Waals surface area contributed by atoms with Crippen molar-refractivity contribution in [1.29, 1.82) is 0 Å². The van der Waals surface area contributed by atoms with Crippen LogP contribution in [0, 0.1) is 6.92 Å². The van der Waals surface area contributed by atoms with Crippen molar-refractivity contribution >= 4 is 64.9 Å². The summed E-state index contributed by atoms with van der Waals surface area (Å²) in [6.45, 7) is 2.11. The van der Waals surface area contributed by atoms with E-state index in [-0.39, 0.29) is 0 Å². The van der Waals surface area contributed by atoms with E-state index in [4.69, 9.17) is 0 Å². The average Bonchev–Trinajstić information content (AvgIpc) is 2.55. The number of nitrogens with zero attached hydrogens (tertiary/aromatic N) is 1. The van der Waals surface area contributed by atoms with E-state index in [0.29, 0.717) is 0 Å². The summed E-state index contributed by atoms with van der Waals surface area (Å²) in [5.41, 5.74) is 4.59. The molecule has 3 aromatic carbocycles. The lowest BCUT2D eigenvalue weighted by atomic mass is 10.1. The lowest BCUT2D eigenvalue weighted by molar-refractivity contribution is 1.26. The van der Waals surface area contributed by atoms with E-state index >= 15 is 0 Å². The van der Waals surface area contributed by atoms with E-state index in [0.717, 1.165) is 30.5 Å². The largest absolute Gasteiger partial charge is 0.310 e. The molecule has 0 aliphatic carbocycles. The number of halogens is 3. The second kappa shape index (κ2) is 7.20. The fourth-order valence-corrected chi connectivity index (χ4v) is 3.17. The number of benzene rings is 3. The summed E-state index contributed by atoms with van der Waals surface area (Å²) in [5, 5.41) is 0. The fraction of sp³-hybridized carbons (Fsp3) is 0.0526. The zero-order chi connectivity index (χ0) is 16.4. The number of hydrogen-bond acceptors (Lipinski definition) is 1. The smallest absolute Gasteiger partial charge is 0.0465 e. The van der Waals surface area contributed by atoms with Gasteiger partial charge in [0.15, 0.2) is 0 Å². The predicted molar refractivity (Wildman–Crippen MR) is 109 cm³/mol. The Morgan fingerprint density at radius 3 is 1.48 bits per heavy atom. The van der Waals surface area contributed by atoms with Crippen LogP contribution < -0.4 is 4.90 Å². The van der Waals surface area contributed by atoms with Crippen LogP contribution in [0.2, 0.25) is 0 Å². The molecule has 0 aromatic heterocycles. The quantitative estimate of drug-likeness (QED) is 0.359. The summed E-state index contributed by atoms with van der Waals surface area (Å²) in [5.74, 6) is 0. The van der Waals surface area contributed by atoms with Crippen LogP contribution in [0.15, 0.2) is 80.1 Å². The third kappa shape index (κ3) is 3.87. The lowest BCUT2D eigenvalue weighted by Gasteiger charge is -2.26. The van der Waals surface area contributed by atoms with Gasteiger partial charge in [0.05, 0.1) is 0 Å². The van der Waals surface area contributed by atoms with Gasteiger partial charge in [0.2, 0.25) is 0 Å². The van der Waals surface area contributed by atoms with Gasteiger partial charge in [0, 0.05) is 30.5 Å². The molecule has 0 spiro atoms. The lowest BCUT2D eigenvalue weighted by Crippen LogP contribution is -2.10. The van der Waals surface area contributed by atoms with E-state index < -0.39 is 0 Å². The maximum absolute atomic E-state index is 3.58. The minimum absolute atomic E-state index is 1.07. The molecule has 3 rings (SSSR count). The van der Waals surface area contributed by atoms with Gasteiger partial charge in [-0.05, 0) is 79.2 Å². The maximum Gasteiger partial charge on any atom is 0.0465 e. The highest BCUT2D eigenvalue weighted by molar-refractivity contribution is 9.11. The second-order valence-corrected chi connectivity index (χ2v) is 7.91. The van der Waals surface area contributed by atoms with Crippen LogP contribution in [0.5, 0.6) is 0 Å². The molecule has 0 unspecified atom stereocenters. The van der Waals surface area contributed by atoms with E-state index in [1.807, 2.05) is 0 Å². The van der Waals surface area contributed by atoms with E-state index in [9.17, 15) is 0 Å². The number of aryl methyl sites for hydroxylation is 1. The highest BCUT2D eigenvalue weighted by atomic mass is 79.9. The van der Waals surface area contributed by atoms with Crippen LogP contribution in [-0.2, 0) is 0 Å². The van der Waals surface area contributed by atoms with Crippen LogP contribution in [0.3, 0.4) is 0 Å². The fourth-order valence-electron chi connectivity index (χ4n) is 2.40. The van der Waals surface area contributed by atoms with Gasteiger partial charge in [0.1, 0.15) is 0 Å². The molecule has 0 aliphatic rings. The minimum atomic E-state index is 1.07. The molecule has 0 atom stereocenters. The first-order chi connectivity index (χ1) is 11.0. The molecular formula is C19H14Br3N. The Bertz CT molecular complexity index is 766. The van der Waals surface area contributed by atoms with Crippen molar-refractivity contribution in [3.8, 4) is 0 Å². The Morgan fingerprint density at radius 2 is 1.04 bits per heavy atom. The van der Waals surface area contributed by atoms with Crippen molar-refractivity contribution in [2.45, 2.75) is 6.92 Å². The molecule has 0 bridgehead atoms. The van der Waals surface area contributed by atoms with Crippen molar-refractivity contribution in [3.63, 3.8) is 0 Å². The molecule has 4 heteroatoms. The molecule has 0 heterocycles. The zero-order valence-electron chi connectivity index (χ0n) is 12.4. The number of anilines is 3. The van der Waals surface area contributed by atoms with Gasteiger partial charge in [-0.2, -0.15) is 0 Å². The first-order valence-corrected chi connectivity index (χ1v) is 9.50. The second-order valence-electron chi connectivity index (χ2n) is 5.22. The molecule has 0 aliphatic heterocycles. The van der Waals surface area contributed by atoms with Crippen LogP contribution >= 0.6 is 47.8 Å². The molecular weight excluding hydrogens is 482 g/mol. The van der Waals surface area contributed by atoms with E-state index in [2.05, 4.69) is 126 Å². The molecule has 0 saturated heterocycles. The van der Waals surface area contributed by atoms with Gasteiger partial charge in [-0.25, -0.2) is 0 Å². The summed E-state index contributed by atoms with van der Waals surface area (Å²) in [4.78, 5) is 2.25. The molecule has 23 heavy (non-hydrogen) atoms. The highest BCUT2D eigenvalue weighted by Crippen LogP contribution is 2.36. The monoisotopic (exact) mass is 493 g/mol. The van der Waals surface area contributed by atoms with Gasteiger partial charge in [-0.1, -0.05) is 47.8 Å². The standard InChI is InChI=1S/C19H14Br3N/c1-13-12-18(10-11-19(13)22)23(16-6-2-14(20)3-7-16)17-8-4-15(21)5-9-17/h2-12H,1H3. The molecule has 0 fully saturated rings. The molecule has 0 amide bonds. The third-order valence-electron chi connectivity index (χ3n) is 3.57. The van der Waals surface area contributed by atoms with Gasteiger partial charge < -0.3 is 4.90 Å². The molecule has 116 valence electrons. The SMILES string of the molecule is Cc1cc(N(c2ccc(Br)cc2)c2ccc(Br)cc2)ccc1Br. The van der Waals surface area contributed by atoms with Crippen molar-refractivity contribution < 1.29 is 0 Å². The van der Waals surface area contributed by atoms with Gasteiger partial charge in [-0.3, -0.25) is 0 Å². The summed E-state index contributed by atoms with van der Waals surface area (Å²) in [6, 6.07) is 23.1. The van der Waals surface area contributed by atoms with Crippen LogP contribution in [0.25, 0.3) is 0 Å². The predicted octanol–water partition coefficient (Wildman–Crippen LogP) is 7.75. The first kappa shape index (κ1) is 16.7. The average molecular weight is 496 g/mol. The van der Waals surface area contributed by atoms with Gasteiger partial charge in [-0.15, -0.1) is 0 Å². The molecule has 0 radical (unpaired) electrons. The van der Waals surface area contributed by atoms with Gasteiger partial charge in [0.25, 0.3) is 0 Å². The van der Waals surface area contributed by atoms with Crippen molar-refractivity contribution in [2.75, 3.05) is 4.90 Å². The molecule has 0 N–H and O–H groups in total. The number of hydrogen-bond donors (Lipinski definition) is 0. The normalized spacial score (nSPS) is 10.6. The van der Waals surface area contributed by atoms with E-state index in [1.165, 1.54) is 5.56 Å². The molecule has 3 aromatic rings. The van der Waals surface area contributed by atoms with Gasteiger partial charge >= 0.3 is 0 Å². The third-order valence-corrected chi connectivity index (χ3v) is 5.52. The first-order valence-electron chi connectivity index (χ1n) is 7.12. The van der Waals surface area contributed by atoms with Crippen LogP contribution in [-0.4, -0.2) is 0 Å². The molecule has 1 nitrogen and oxygen atoms in total. The van der Waals surface area contributed by atoms with Crippen molar-refractivity contribution in [1.82, 2.24) is 0 Å². The highest BCUT2D eigenvalue weighted by Gasteiger charge is 2.13. The Labute approximate surface area is 161 Å². The maximum atomic E-state index is 3.58. The zero-order valence-corrected chi connectivity index (χ0v) is 17.2. The van der Waals surface area contributed by atoms with Crippen molar-refractivity contribution in [2.24, 2.45) is 0 Å². The number of rotatable bonds is 3. The minimum Gasteiger partial charge on any atom is -0.310 e. The van der Waals surface area contributed by atoms with Crippen molar-refractivity contribution in [3.05, 3.63) is 85.7 Å².